The van der Waals surface area contributed by atoms with Crippen molar-refractivity contribution in [1.82, 2.24) is 9.78 Å². The first kappa shape index (κ1) is 12.6. The molecule has 1 aromatic carbocycles. The second-order valence-corrected chi connectivity index (χ2v) is 4.24. The molecule has 0 unspecified atom stereocenters. The highest BCUT2D eigenvalue weighted by molar-refractivity contribution is 5.96. The van der Waals surface area contributed by atoms with Crippen molar-refractivity contribution in [1.29, 1.82) is 0 Å². The third-order valence-corrected chi connectivity index (χ3v) is 2.66. The number of aromatic nitrogens is 2. The lowest BCUT2D eigenvalue weighted by atomic mass is 10.1. The number of halogens is 3. The lowest BCUT2D eigenvalue weighted by Gasteiger charge is -2.12. The number of para-hydroxylation sites is 1. The van der Waals surface area contributed by atoms with Crippen molar-refractivity contribution in [3.05, 3.63) is 29.5 Å². The number of rotatable bonds is 2. The number of hydrogen-bond donors (Lipinski definition) is 0. The Labute approximate surface area is 101 Å². The first-order valence-corrected chi connectivity index (χ1v) is 5.40. The van der Waals surface area contributed by atoms with E-state index in [0.717, 1.165) is 6.07 Å². The van der Waals surface area contributed by atoms with E-state index in [1.54, 1.807) is 13.8 Å². The van der Waals surface area contributed by atoms with Gasteiger partial charge in [0, 0.05) is 11.4 Å². The molecule has 0 radical (unpaired) electrons. The molecule has 0 aliphatic carbocycles. The van der Waals surface area contributed by atoms with Crippen LogP contribution in [-0.2, 0) is 6.18 Å². The van der Waals surface area contributed by atoms with Crippen LogP contribution in [0.25, 0.3) is 10.9 Å². The lowest BCUT2D eigenvalue weighted by Crippen LogP contribution is -2.10. The van der Waals surface area contributed by atoms with E-state index in [9.17, 15) is 18.0 Å². The van der Waals surface area contributed by atoms with Gasteiger partial charge in [-0.1, -0.05) is 12.1 Å². The minimum absolute atomic E-state index is 0.0322. The maximum atomic E-state index is 12.9. The van der Waals surface area contributed by atoms with Gasteiger partial charge in [0.15, 0.2) is 6.29 Å². The summed E-state index contributed by atoms with van der Waals surface area (Å²) < 4.78 is 40.1. The van der Waals surface area contributed by atoms with Gasteiger partial charge >= 0.3 is 6.18 Å². The molecule has 18 heavy (non-hydrogen) atoms. The lowest BCUT2D eigenvalue weighted by molar-refractivity contribution is -0.136. The van der Waals surface area contributed by atoms with Gasteiger partial charge in [-0.05, 0) is 19.9 Å². The highest BCUT2D eigenvalue weighted by Crippen LogP contribution is 2.36. The third-order valence-electron chi connectivity index (χ3n) is 2.66. The van der Waals surface area contributed by atoms with Crippen LogP contribution in [0, 0.1) is 0 Å². The average Bonchev–Trinajstić information content (AvgIpc) is 2.66. The number of fused-ring (bicyclic) bond motifs is 1. The molecule has 0 atom stereocenters. The maximum absolute atomic E-state index is 12.9. The summed E-state index contributed by atoms with van der Waals surface area (Å²) in [6.45, 7) is 3.43. The first-order valence-electron chi connectivity index (χ1n) is 5.40. The SMILES string of the molecule is CC(C)n1nc(C=O)c2cccc(C(F)(F)F)c21. The number of hydrogen-bond acceptors (Lipinski definition) is 2. The van der Waals surface area contributed by atoms with Gasteiger partial charge in [-0.3, -0.25) is 9.48 Å². The molecule has 6 heteroatoms. The molecule has 0 aliphatic heterocycles. The Hall–Kier alpha value is -1.85. The molecule has 0 saturated carbocycles. The predicted octanol–water partition coefficient (Wildman–Crippen LogP) is 3.45. The zero-order valence-electron chi connectivity index (χ0n) is 9.82. The molecule has 0 aliphatic rings. The standard InChI is InChI=1S/C12H11F3N2O/c1-7(2)17-11-8(10(6-18)16-17)4-3-5-9(11)12(13,14)15/h3-7H,1-2H3. The first-order chi connectivity index (χ1) is 8.36. The van der Waals surface area contributed by atoms with E-state index >= 15 is 0 Å². The summed E-state index contributed by atoms with van der Waals surface area (Å²) in [7, 11) is 0. The summed E-state index contributed by atoms with van der Waals surface area (Å²) in [4.78, 5) is 10.9. The van der Waals surface area contributed by atoms with Crippen LogP contribution in [0.5, 0.6) is 0 Å². The molecule has 96 valence electrons. The van der Waals surface area contributed by atoms with Crippen molar-refractivity contribution in [2.75, 3.05) is 0 Å². The summed E-state index contributed by atoms with van der Waals surface area (Å²) in [5.41, 5.74) is -0.777. The Morgan fingerprint density at radius 2 is 2.00 bits per heavy atom. The summed E-state index contributed by atoms with van der Waals surface area (Å²) >= 11 is 0. The van der Waals surface area contributed by atoms with E-state index in [2.05, 4.69) is 5.10 Å². The quantitative estimate of drug-likeness (QED) is 0.771. The van der Waals surface area contributed by atoms with Crippen LogP contribution in [0.15, 0.2) is 18.2 Å². The van der Waals surface area contributed by atoms with Crippen LogP contribution in [0.1, 0.15) is 35.9 Å². The van der Waals surface area contributed by atoms with Crippen LogP contribution in [0.4, 0.5) is 13.2 Å². The Kier molecular flexibility index (Phi) is 2.88. The normalized spacial score (nSPS) is 12.3. The number of alkyl halides is 3. The van der Waals surface area contributed by atoms with E-state index in [1.165, 1.54) is 16.8 Å². The minimum Gasteiger partial charge on any atom is -0.296 e. The molecule has 2 rings (SSSR count). The molecule has 1 aromatic heterocycles. The molecular formula is C12H11F3N2O. The van der Waals surface area contributed by atoms with Crippen LogP contribution < -0.4 is 0 Å². The molecule has 0 fully saturated rings. The Morgan fingerprint density at radius 3 is 2.50 bits per heavy atom. The van der Waals surface area contributed by atoms with E-state index < -0.39 is 11.7 Å². The number of carbonyl (C=O) groups excluding carboxylic acids is 1. The van der Waals surface area contributed by atoms with Crippen LogP contribution in [0.2, 0.25) is 0 Å². The molecule has 0 bridgehead atoms. The van der Waals surface area contributed by atoms with Crippen molar-refractivity contribution in [3.8, 4) is 0 Å². The van der Waals surface area contributed by atoms with Crippen LogP contribution in [-0.4, -0.2) is 16.1 Å². The molecule has 1 heterocycles. The highest BCUT2D eigenvalue weighted by atomic mass is 19.4. The van der Waals surface area contributed by atoms with E-state index in [-0.39, 0.29) is 22.6 Å². The Balaban J connectivity index is 2.90. The highest BCUT2D eigenvalue weighted by Gasteiger charge is 2.34. The molecular weight excluding hydrogens is 245 g/mol. The Bertz CT molecular complexity index is 599. The molecule has 0 N–H and O–H groups in total. The van der Waals surface area contributed by atoms with Gasteiger partial charge in [0.2, 0.25) is 0 Å². The van der Waals surface area contributed by atoms with Crippen LogP contribution >= 0.6 is 0 Å². The van der Waals surface area contributed by atoms with E-state index in [1.807, 2.05) is 0 Å². The van der Waals surface area contributed by atoms with Gasteiger partial charge in [-0.25, -0.2) is 0 Å². The zero-order chi connectivity index (χ0) is 13.5. The molecule has 0 amide bonds. The van der Waals surface area contributed by atoms with Gasteiger partial charge in [-0.2, -0.15) is 18.3 Å². The number of nitrogens with zero attached hydrogens (tertiary/aromatic N) is 2. The number of benzene rings is 1. The maximum Gasteiger partial charge on any atom is 0.418 e. The van der Waals surface area contributed by atoms with E-state index in [0.29, 0.717) is 6.29 Å². The predicted molar refractivity (Wildman–Crippen MR) is 60.5 cm³/mol. The van der Waals surface area contributed by atoms with Crippen molar-refractivity contribution < 1.29 is 18.0 Å². The largest absolute Gasteiger partial charge is 0.418 e. The summed E-state index contributed by atoms with van der Waals surface area (Å²) in [5, 5.41) is 4.16. The molecule has 0 spiro atoms. The second kappa shape index (κ2) is 4.12. The summed E-state index contributed by atoms with van der Waals surface area (Å²) in [5.74, 6) is 0. The summed E-state index contributed by atoms with van der Waals surface area (Å²) in [6.07, 6.45) is -3.99. The second-order valence-electron chi connectivity index (χ2n) is 4.24. The van der Waals surface area contributed by atoms with Crippen molar-refractivity contribution in [2.24, 2.45) is 0 Å². The van der Waals surface area contributed by atoms with Crippen LogP contribution in [0.3, 0.4) is 0 Å². The summed E-state index contributed by atoms with van der Waals surface area (Å²) in [6, 6.07) is 3.49. The monoisotopic (exact) mass is 256 g/mol. The average molecular weight is 256 g/mol. The van der Waals surface area contributed by atoms with Gasteiger partial charge in [0.1, 0.15) is 5.69 Å². The molecule has 2 aromatic rings. The fourth-order valence-corrected chi connectivity index (χ4v) is 1.91. The van der Waals surface area contributed by atoms with Gasteiger partial charge in [0.05, 0.1) is 11.1 Å². The fourth-order valence-electron chi connectivity index (χ4n) is 1.91. The van der Waals surface area contributed by atoms with Gasteiger partial charge in [-0.15, -0.1) is 0 Å². The minimum atomic E-state index is -4.47. The van der Waals surface area contributed by atoms with Gasteiger partial charge < -0.3 is 0 Å². The smallest absolute Gasteiger partial charge is 0.296 e. The van der Waals surface area contributed by atoms with Gasteiger partial charge in [0.25, 0.3) is 0 Å². The number of carbonyl (C=O) groups is 1. The fraction of sp³-hybridized carbons (Fsp3) is 0.333. The third kappa shape index (κ3) is 1.87. The number of aldehydes is 1. The zero-order valence-corrected chi connectivity index (χ0v) is 9.82. The molecule has 3 nitrogen and oxygen atoms in total. The molecule has 0 saturated heterocycles. The van der Waals surface area contributed by atoms with Crippen molar-refractivity contribution in [2.45, 2.75) is 26.1 Å². The van der Waals surface area contributed by atoms with Crippen molar-refractivity contribution >= 4 is 17.2 Å². The topological polar surface area (TPSA) is 34.9 Å². The van der Waals surface area contributed by atoms with Crippen molar-refractivity contribution in [3.63, 3.8) is 0 Å². The Morgan fingerprint density at radius 1 is 1.33 bits per heavy atom. The van der Waals surface area contributed by atoms with E-state index in [4.69, 9.17) is 0 Å².